The summed E-state index contributed by atoms with van der Waals surface area (Å²) in [6.07, 6.45) is 3.52. The van der Waals surface area contributed by atoms with Gasteiger partial charge in [-0.25, -0.2) is 13.4 Å². The number of methoxy groups -OCH3 is 1. The molecule has 0 atom stereocenters. The monoisotopic (exact) mass is 508 g/mol. The van der Waals surface area contributed by atoms with Crippen LogP contribution in [-0.4, -0.2) is 31.2 Å². The van der Waals surface area contributed by atoms with E-state index in [1.807, 2.05) is 24.3 Å². The van der Waals surface area contributed by atoms with E-state index in [0.29, 0.717) is 40.1 Å². The van der Waals surface area contributed by atoms with E-state index < -0.39 is 14.9 Å². The molecule has 0 spiro atoms. The highest BCUT2D eigenvalue weighted by Gasteiger charge is 2.16. The number of fused-ring (bicyclic) bond motifs is 2. The van der Waals surface area contributed by atoms with Gasteiger partial charge in [0.25, 0.3) is 5.69 Å². The number of nitrogens with zero attached hydrogens (tertiary/aromatic N) is 2. The van der Waals surface area contributed by atoms with Gasteiger partial charge < -0.3 is 10.1 Å². The quantitative estimate of drug-likeness (QED) is 0.104. The van der Waals surface area contributed by atoms with Gasteiger partial charge >= 0.3 is 0 Å². The fraction of sp³-hybridized carbons (Fsp3) is 0.269. The van der Waals surface area contributed by atoms with Crippen LogP contribution < -0.4 is 14.8 Å². The molecule has 0 radical (unpaired) electrons. The zero-order chi connectivity index (χ0) is 25.7. The summed E-state index contributed by atoms with van der Waals surface area (Å²) in [6, 6.07) is 17.0. The van der Waals surface area contributed by atoms with Crippen LogP contribution in [-0.2, 0) is 10.0 Å². The molecule has 0 aliphatic heterocycles. The van der Waals surface area contributed by atoms with Crippen molar-refractivity contribution in [1.29, 1.82) is 0 Å². The number of rotatable bonds is 11. The fourth-order valence-corrected chi connectivity index (χ4v) is 5.24. The molecule has 1 heterocycles. The van der Waals surface area contributed by atoms with E-state index in [4.69, 9.17) is 4.74 Å². The Morgan fingerprint density at radius 1 is 0.972 bits per heavy atom. The van der Waals surface area contributed by atoms with E-state index in [2.05, 4.69) is 21.9 Å². The molecular weight excluding hydrogens is 480 g/mol. The lowest BCUT2D eigenvalue weighted by Crippen LogP contribution is -2.16. The highest BCUT2D eigenvalue weighted by molar-refractivity contribution is 7.92. The highest BCUT2D eigenvalue weighted by Crippen LogP contribution is 2.38. The van der Waals surface area contributed by atoms with E-state index >= 15 is 0 Å². The third-order valence-corrected chi connectivity index (χ3v) is 7.25. The van der Waals surface area contributed by atoms with E-state index in [1.54, 1.807) is 24.3 Å². The van der Waals surface area contributed by atoms with Gasteiger partial charge in [0.15, 0.2) is 0 Å². The minimum atomic E-state index is -3.48. The molecular formula is C26H28N4O5S. The van der Waals surface area contributed by atoms with Crippen molar-refractivity contribution in [2.45, 2.75) is 32.6 Å². The van der Waals surface area contributed by atoms with Crippen molar-refractivity contribution in [2.24, 2.45) is 0 Å². The second-order valence-corrected chi connectivity index (χ2v) is 10.3. The summed E-state index contributed by atoms with van der Waals surface area (Å²) in [5.74, 6) is 0.476. The Balaban J connectivity index is 1.70. The zero-order valence-corrected chi connectivity index (χ0v) is 21.0. The van der Waals surface area contributed by atoms with Gasteiger partial charge in [-0.2, -0.15) is 0 Å². The molecule has 36 heavy (non-hydrogen) atoms. The number of pyridine rings is 1. The normalized spacial score (nSPS) is 11.5. The standard InChI is InChI=1S/C26H28N4O5S/c1-3-4-5-8-15-36(33,34)29-18-11-13-24(25(16-18)35-2)28-26-20-9-6-7-10-22(20)27-23-14-12-19(30(31)32)17-21(23)26/h6-7,9-14,16-17,29H,3-5,8,15H2,1-2H3,(H,27,28). The van der Waals surface area contributed by atoms with Crippen LogP contribution in [0.15, 0.2) is 60.7 Å². The molecule has 0 aliphatic rings. The van der Waals surface area contributed by atoms with Gasteiger partial charge in [-0.1, -0.05) is 44.4 Å². The second-order valence-electron chi connectivity index (χ2n) is 8.48. The second kappa shape index (κ2) is 10.8. The Labute approximate surface area is 209 Å². The van der Waals surface area contributed by atoms with Crippen molar-refractivity contribution in [2.75, 3.05) is 22.9 Å². The topological polar surface area (TPSA) is 123 Å². The van der Waals surface area contributed by atoms with Crippen molar-refractivity contribution in [1.82, 2.24) is 4.98 Å². The molecule has 0 saturated carbocycles. The minimum Gasteiger partial charge on any atom is -0.494 e. The van der Waals surface area contributed by atoms with Gasteiger partial charge in [-0.3, -0.25) is 14.8 Å². The summed E-state index contributed by atoms with van der Waals surface area (Å²) < 4.78 is 33.1. The molecule has 2 N–H and O–H groups in total. The average molecular weight is 509 g/mol. The number of nitro groups is 1. The molecule has 1 aromatic heterocycles. The van der Waals surface area contributed by atoms with Crippen molar-refractivity contribution in [3.63, 3.8) is 0 Å². The predicted molar refractivity (Wildman–Crippen MR) is 144 cm³/mol. The van der Waals surface area contributed by atoms with Crippen LogP contribution in [0.1, 0.15) is 32.6 Å². The third kappa shape index (κ3) is 5.65. The first kappa shape index (κ1) is 25.2. The number of para-hydroxylation sites is 1. The molecule has 3 aromatic carbocycles. The number of anilines is 3. The van der Waals surface area contributed by atoms with Gasteiger partial charge in [0.2, 0.25) is 10.0 Å². The molecule has 9 nitrogen and oxygen atoms in total. The first-order valence-electron chi connectivity index (χ1n) is 11.7. The largest absolute Gasteiger partial charge is 0.494 e. The first-order valence-corrected chi connectivity index (χ1v) is 13.4. The molecule has 0 aliphatic carbocycles. The van der Waals surface area contributed by atoms with Gasteiger partial charge in [-0.05, 0) is 30.7 Å². The van der Waals surface area contributed by atoms with Crippen molar-refractivity contribution >= 4 is 54.6 Å². The number of aromatic nitrogens is 1. The average Bonchev–Trinajstić information content (AvgIpc) is 2.86. The number of benzene rings is 3. The van der Waals surface area contributed by atoms with Gasteiger partial charge in [0, 0.05) is 29.0 Å². The van der Waals surface area contributed by atoms with Crippen LogP contribution in [0.5, 0.6) is 5.75 Å². The van der Waals surface area contributed by atoms with Gasteiger partial charge in [-0.15, -0.1) is 0 Å². The maximum Gasteiger partial charge on any atom is 0.270 e. The maximum absolute atomic E-state index is 12.5. The minimum absolute atomic E-state index is 0.0433. The Kier molecular flexibility index (Phi) is 7.54. The van der Waals surface area contributed by atoms with Crippen LogP contribution in [0.25, 0.3) is 21.8 Å². The highest BCUT2D eigenvalue weighted by atomic mass is 32.2. The number of hydrogen-bond acceptors (Lipinski definition) is 7. The van der Waals surface area contributed by atoms with Crippen LogP contribution in [0.3, 0.4) is 0 Å². The lowest BCUT2D eigenvalue weighted by Gasteiger charge is -2.17. The first-order chi connectivity index (χ1) is 17.3. The molecule has 0 amide bonds. The molecule has 0 unspecified atom stereocenters. The van der Waals surface area contributed by atoms with Crippen LogP contribution in [0, 0.1) is 10.1 Å². The molecule has 0 saturated heterocycles. The maximum atomic E-state index is 12.5. The molecule has 4 rings (SSSR count). The lowest BCUT2D eigenvalue weighted by molar-refractivity contribution is -0.384. The number of non-ortho nitro benzene ring substituents is 1. The third-order valence-electron chi connectivity index (χ3n) is 5.88. The summed E-state index contributed by atoms with van der Waals surface area (Å²) in [5.41, 5.74) is 2.90. The lowest BCUT2D eigenvalue weighted by atomic mass is 10.1. The summed E-state index contributed by atoms with van der Waals surface area (Å²) in [5, 5.41) is 16.1. The molecule has 4 aromatic rings. The van der Waals surface area contributed by atoms with Gasteiger partial charge in [0.1, 0.15) is 5.75 Å². The zero-order valence-electron chi connectivity index (χ0n) is 20.2. The Morgan fingerprint density at radius 2 is 1.75 bits per heavy atom. The summed E-state index contributed by atoms with van der Waals surface area (Å²) in [6.45, 7) is 2.08. The summed E-state index contributed by atoms with van der Waals surface area (Å²) in [7, 11) is -1.98. The van der Waals surface area contributed by atoms with Crippen molar-refractivity contribution in [3.8, 4) is 5.75 Å². The van der Waals surface area contributed by atoms with Crippen LogP contribution in [0.4, 0.5) is 22.7 Å². The molecule has 0 bridgehead atoms. The number of sulfonamides is 1. The number of unbranched alkanes of at least 4 members (excludes halogenated alkanes) is 3. The van der Waals surface area contributed by atoms with Crippen molar-refractivity contribution < 1.29 is 18.1 Å². The summed E-state index contributed by atoms with van der Waals surface area (Å²) in [4.78, 5) is 15.6. The molecule has 10 heteroatoms. The van der Waals surface area contributed by atoms with Gasteiger partial charge in [0.05, 0.1) is 45.9 Å². The van der Waals surface area contributed by atoms with E-state index in [9.17, 15) is 18.5 Å². The summed E-state index contributed by atoms with van der Waals surface area (Å²) >= 11 is 0. The van der Waals surface area contributed by atoms with Crippen LogP contribution in [0.2, 0.25) is 0 Å². The number of hydrogen-bond donors (Lipinski definition) is 2. The SMILES string of the molecule is CCCCCCS(=O)(=O)Nc1ccc(Nc2c3ccccc3nc3ccc([N+](=O)[O-])cc23)c(OC)c1. The Morgan fingerprint density at radius 3 is 2.50 bits per heavy atom. The van der Waals surface area contributed by atoms with Crippen molar-refractivity contribution in [3.05, 3.63) is 70.8 Å². The van der Waals surface area contributed by atoms with E-state index in [1.165, 1.54) is 19.2 Å². The van der Waals surface area contributed by atoms with Crippen LogP contribution >= 0.6 is 0 Å². The number of nitro benzene ring substituents is 1. The predicted octanol–water partition coefficient (Wildman–Crippen LogP) is 6.37. The smallest absolute Gasteiger partial charge is 0.270 e. The van der Waals surface area contributed by atoms with E-state index in [-0.39, 0.29) is 11.4 Å². The molecule has 188 valence electrons. The molecule has 0 fully saturated rings. The Hall–Kier alpha value is -3.92. The number of ether oxygens (including phenoxy) is 1. The Bertz CT molecular complexity index is 1520. The fourth-order valence-electron chi connectivity index (χ4n) is 4.07. The number of nitrogens with one attached hydrogen (secondary N) is 2. The van der Waals surface area contributed by atoms with E-state index in [0.717, 1.165) is 30.2 Å².